The molecule has 0 radical (unpaired) electrons. The monoisotopic (exact) mass is 199 g/mol. The van der Waals surface area contributed by atoms with Crippen LogP contribution in [0.3, 0.4) is 0 Å². The van der Waals surface area contributed by atoms with E-state index in [0.717, 1.165) is 25.7 Å². The van der Waals surface area contributed by atoms with Crippen molar-refractivity contribution in [3.63, 3.8) is 0 Å². The number of hydrogen-bond acceptors (Lipinski definition) is 3. The molecule has 2 N–H and O–H groups in total. The van der Waals surface area contributed by atoms with Crippen molar-refractivity contribution < 1.29 is 9.53 Å². The summed E-state index contributed by atoms with van der Waals surface area (Å²) in [5.41, 5.74) is 6.24. The number of carbonyl (C=O) groups is 1. The molecule has 0 spiro atoms. The van der Waals surface area contributed by atoms with Crippen molar-refractivity contribution in [2.45, 2.75) is 45.6 Å². The van der Waals surface area contributed by atoms with Crippen molar-refractivity contribution >= 4 is 5.97 Å². The highest BCUT2D eigenvalue weighted by molar-refractivity contribution is 5.75. The molecule has 3 heteroatoms. The second kappa shape index (κ2) is 4.30. The molecular formula is C11H21NO2. The Kier molecular flexibility index (Phi) is 3.53. The SMILES string of the molecule is COC(=O)C(N)C1CCC(C)(C)CC1. The molecule has 1 fully saturated rings. The normalized spacial score (nSPS) is 24.3. The van der Waals surface area contributed by atoms with Gasteiger partial charge in [0.15, 0.2) is 0 Å². The fourth-order valence-electron chi connectivity index (χ4n) is 2.11. The highest BCUT2D eigenvalue weighted by Crippen LogP contribution is 2.38. The Morgan fingerprint density at radius 3 is 2.36 bits per heavy atom. The topological polar surface area (TPSA) is 52.3 Å². The van der Waals surface area contributed by atoms with E-state index in [9.17, 15) is 4.79 Å². The van der Waals surface area contributed by atoms with Crippen LogP contribution >= 0.6 is 0 Å². The van der Waals surface area contributed by atoms with Gasteiger partial charge in [-0.2, -0.15) is 0 Å². The molecule has 14 heavy (non-hydrogen) atoms. The first-order valence-electron chi connectivity index (χ1n) is 5.30. The number of methoxy groups -OCH3 is 1. The minimum atomic E-state index is -0.420. The van der Waals surface area contributed by atoms with Gasteiger partial charge in [-0.3, -0.25) is 4.79 Å². The Hall–Kier alpha value is -0.570. The molecule has 0 bridgehead atoms. The highest BCUT2D eigenvalue weighted by atomic mass is 16.5. The van der Waals surface area contributed by atoms with Gasteiger partial charge < -0.3 is 10.5 Å². The van der Waals surface area contributed by atoms with Gasteiger partial charge in [-0.1, -0.05) is 13.8 Å². The quantitative estimate of drug-likeness (QED) is 0.689. The number of esters is 1. The number of carbonyl (C=O) groups excluding carboxylic acids is 1. The van der Waals surface area contributed by atoms with Crippen LogP contribution in [0.2, 0.25) is 0 Å². The summed E-state index contributed by atoms with van der Waals surface area (Å²) in [4.78, 5) is 11.2. The molecule has 0 aromatic heterocycles. The lowest BCUT2D eigenvalue weighted by Crippen LogP contribution is -2.41. The van der Waals surface area contributed by atoms with Crippen LogP contribution in [0.25, 0.3) is 0 Å². The summed E-state index contributed by atoms with van der Waals surface area (Å²) in [5.74, 6) is 0.0465. The van der Waals surface area contributed by atoms with Gasteiger partial charge in [-0.15, -0.1) is 0 Å². The molecular weight excluding hydrogens is 178 g/mol. The van der Waals surface area contributed by atoms with Crippen LogP contribution in [-0.4, -0.2) is 19.1 Å². The zero-order chi connectivity index (χ0) is 10.8. The molecule has 0 saturated heterocycles. The van der Waals surface area contributed by atoms with Crippen LogP contribution in [0.5, 0.6) is 0 Å². The number of nitrogens with two attached hydrogens (primary N) is 1. The van der Waals surface area contributed by atoms with E-state index >= 15 is 0 Å². The molecule has 0 heterocycles. The van der Waals surface area contributed by atoms with Gasteiger partial charge in [0.05, 0.1) is 7.11 Å². The van der Waals surface area contributed by atoms with Gasteiger partial charge >= 0.3 is 5.97 Å². The van der Waals surface area contributed by atoms with E-state index in [-0.39, 0.29) is 5.97 Å². The average molecular weight is 199 g/mol. The molecule has 1 unspecified atom stereocenters. The predicted octanol–water partition coefficient (Wildman–Crippen LogP) is 1.70. The lowest BCUT2D eigenvalue weighted by Gasteiger charge is -2.35. The summed E-state index contributed by atoms with van der Waals surface area (Å²) in [5, 5.41) is 0. The summed E-state index contributed by atoms with van der Waals surface area (Å²) >= 11 is 0. The Balaban J connectivity index is 2.45. The van der Waals surface area contributed by atoms with Crippen LogP contribution in [0.15, 0.2) is 0 Å². The maximum Gasteiger partial charge on any atom is 0.322 e. The van der Waals surface area contributed by atoms with E-state index in [4.69, 9.17) is 5.73 Å². The first-order valence-corrected chi connectivity index (χ1v) is 5.30. The van der Waals surface area contributed by atoms with Crippen LogP contribution in [0.1, 0.15) is 39.5 Å². The van der Waals surface area contributed by atoms with E-state index in [1.165, 1.54) is 7.11 Å². The molecule has 3 nitrogen and oxygen atoms in total. The molecule has 0 amide bonds. The molecule has 0 aliphatic heterocycles. The average Bonchev–Trinajstić information content (AvgIpc) is 2.15. The first kappa shape index (κ1) is 11.5. The third-order valence-corrected chi connectivity index (χ3v) is 3.37. The van der Waals surface area contributed by atoms with Crippen LogP contribution < -0.4 is 5.73 Å². The summed E-state index contributed by atoms with van der Waals surface area (Å²) in [7, 11) is 1.40. The summed E-state index contributed by atoms with van der Waals surface area (Å²) in [6, 6.07) is -0.420. The molecule has 1 rings (SSSR count). The van der Waals surface area contributed by atoms with Crippen molar-refractivity contribution in [1.29, 1.82) is 0 Å². The van der Waals surface area contributed by atoms with Gasteiger partial charge in [0.1, 0.15) is 6.04 Å². The molecule has 0 aromatic rings. The minimum Gasteiger partial charge on any atom is -0.468 e. The van der Waals surface area contributed by atoms with E-state index in [1.54, 1.807) is 0 Å². The molecule has 1 atom stereocenters. The van der Waals surface area contributed by atoms with Crippen molar-refractivity contribution in [3.05, 3.63) is 0 Å². The minimum absolute atomic E-state index is 0.269. The smallest absolute Gasteiger partial charge is 0.322 e. The van der Waals surface area contributed by atoms with Crippen LogP contribution in [0, 0.1) is 11.3 Å². The number of rotatable bonds is 2. The first-order chi connectivity index (χ1) is 6.46. The van der Waals surface area contributed by atoms with Crippen molar-refractivity contribution in [3.8, 4) is 0 Å². The molecule has 1 saturated carbocycles. The maximum atomic E-state index is 11.2. The third kappa shape index (κ3) is 2.71. The fraction of sp³-hybridized carbons (Fsp3) is 0.909. The van der Waals surface area contributed by atoms with Crippen molar-refractivity contribution in [2.24, 2.45) is 17.1 Å². The standard InChI is InChI=1S/C11H21NO2/c1-11(2)6-4-8(5-7-11)9(12)10(13)14-3/h8-9H,4-7,12H2,1-3H3. The van der Waals surface area contributed by atoms with E-state index in [2.05, 4.69) is 18.6 Å². The van der Waals surface area contributed by atoms with Gasteiger partial charge in [0.25, 0.3) is 0 Å². The van der Waals surface area contributed by atoms with Gasteiger partial charge in [0.2, 0.25) is 0 Å². The number of hydrogen-bond donors (Lipinski definition) is 1. The van der Waals surface area contributed by atoms with Gasteiger partial charge in [0, 0.05) is 0 Å². The summed E-state index contributed by atoms with van der Waals surface area (Å²) in [6.45, 7) is 4.54. The maximum absolute atomic E-state index is 11.2. The molecule has 0 aromatic carbocycles. The zero-order valence-corrected chi connectivity index (χ0v) is 9.38. The predicted molar refractivity (Wildman–Crippen MR) is 55.7 cm³/mol. The van der Waals surface area contributed by atoms with E-state index < -0.39 is 6.04 Å². The molecule has 1 aliphatic rings. The Bertz CT molecular complexity index is 203. The number of ether oxygens (including phenoxy) is 1. The van der Waals surface area contributed by atoms with Crippen molar-refractivity contribution in [1.82, 2.24) is 0 Å². The summed E-state index contributed by atoms with van der Waals surface area (Å²) in [6.07, 6.45) is 4.40. The van der Waals surface area contributed by atoms with Crippen LogP contribution in [-0.2, 0) is 9.53 Å². The van der Waals surface area contributed by atoms with Crippen molar-refractivity contribution in [2.75, 3.05) is 7.11 Å². The molecule has 82 valence electrons. The van der Waals surface area contributed by atoms with Crippen LogP contribution in [0.4, 0.5) is 0 Å². The lowest BCUT2D eigenvalue weighted by atomic mass is 9.71. The molecule has 1 aliphatic carbocycles. The Labute approximate surface area is 86.0 Å². The fourth-order valence-corrected chi connectivity index (χ4v) is 2.11. The zero-order valence-electron chi connectivity index (χ0n) is 9.38. The second-order valence-electron chi connectivity index (χ2n) is 5.05. The second-order valence-corrected chi connectivity index (χ2v) is 5.05. The largest absolute Gasteiger partial charge is 0.468 e. The lowest BCUT2D eigenvalue weighted by molar-refractivity contribution is -0.144. The van der Waals surface area contributed by atoms with E-state index in [1.807, 2.05) is 0 Å². The third-order valence-electron chi connectivity index (χ3n) is 3.37. The Morgan fingerprint density at radius 1 is 1.43 bits per heavy atom. The van der Waals surface area contributed by atoms with Gasteiger partial charge in [-0.05, 0) is 37.0 Å². The Morgan fingerprint density at radius 2 is 1.93 bits per heavy atom. The summed E-state index contributed by atoms with van der Waals surface area (Å²) < 4.78 is 4.65. The van der Waals surface area contributed by atoms with E-state index in [0.29, 0.717) is 11.3 Å². The van der Waals surface area contributed by atoms with Gasteiger partial charge in [-0.25, -0.2) is 0 Å². The highest BCUT2D eigenvalue weighted by Gasteiger charge is 2.32.